The van der Waals surface area contributed by atoms with Crippen molar-refractivity contribution in [1.29, 1.82) is 0 Å². The van der Waals surface area contributed by atoms with Crippen LogP contribution in [0.5, 0.6) is 0 Å². The molecule has 0 spiro atoms. The molecule has 1 unspecified atom stereocenters. The van der Waals surface area contributed by atoms with E-state index in [9.17, 15) is 5.11 Å². The number of aliphatic hydroxyl groups excluding tert-OH is 1. The molecule has 0 fully saturated rings. The number of hydrogen-bond acceptors (Lipinski definition) is 1. The van der Waals surface area contributed by atoms with Gasteiger partial charge in [0.15, 0.2) is 0 Å². The predicted molar refractivity (Wildman–Crippen MR) is 71.6 cm³/mol. The highest BCUT2D eigenvalue weighted by atomic mass is 16.3. The summed E-state index contributed by atoms with van der Waals surface area (Å²) in [6, 6.07) is 9.83. The van der Waals surface area contributed by atoms with E-state index in [-0.39, 0.29) is 6.10 Å². The topological polar surface area (TPSA) is 20.2 Å². The molecule has 1 aromatic rings. The van der Waals surface area contributed by atoms with Crippen molar-refractivity contribution in [2.45, 2.75) is 25.4 Å². The first-order chi connectivity index (χ1) is 8.36. The summed E-state index contributed by atoms with van der Waals surface area (Å²) < 4.78 is 0. The fourth-order valence-electron chi connectivity index (χ4n) is 1.92. The molecule has 1 nitrogen and oxygen atoms in total. The van der Waals surface area contributed by atoms with E-state index in [0.717, 1.165) is 24.8 Å². The second-order valence-corrected chi connectivity index (χ2v) is 4.28. The predicted octanol–water partition coefficient (Wildman–Crippen LogP) is 3.94. The van der Waals surface area contributed by atoms with Crippen molar-refractivity contribution in [1.82, 2.24) is 0 Å². The van der Waals surface area contributed by atoms with E-state index in [1.54, 1.807) is 0 Å². The summed E-state index contributed by atoms with van der Waals surface area (Å²) in [5.41, 5.74) is 2.35. The standard InChI is InChI=1S/C16H18O/c17-16(15-11-2-1-3-12-15)13-7-6-10-14-8-4-5-9-14/h1-6,8,10-12,16-17H,7,9,13H2. The Morgan fingerprint density at radius 3 is 2.76 bits per heavy atom. The van der Waals surface area contributed by atoms with Gasteiger partial charge in [-0.25, -0.2) is 0 Å². The van der Waals surface area contributed by atoms with Crippen LogP contribution in [0, 0.1) is 0 Å². The zero-order valence-electron chi connectivity index (χ0n) is 9.92. The van der Waals surface area contributed by atoms with Crippen LogP contribution in [-0.4, -0.2) is 5.11 Å². The van der Waals surface area contributed by atoms with Gasteiger partial charge in [0.1, 0.15) is 0 Å². The minimum absolute atomic E-state index is 0.350. The van der Waals surface area contributed by atoms with Crippen LogP contribution in [0.25, 0.3) is 0 Å². The smallest absolute Gasteiger partial charge is 0.0793 e. The van der Waals surface area contributed by atoms with Gasteiger partial charge in [-0.1, -0.05) is 60.7 Å². The first-order valence-corrected chi connectivity index (χ1v) is 6.11. The molecular formula is C16H18O. The summed E-state index contributed by atoms with van der Waals surface area (Å²) in [5.74, 6) is 0. The molecule has 17 heavy (non-hydrogen) atoms. The van der Waals surface area contributed by atoms with E-state index < -0.39 is 0 Å². The lowest BCUT2D eigenvalue weighted by atomic mass is 10.0. The summed E-state index contributed by atoms with van der Waals surface area (Å²) in [6.07, 6.45) is 13.0. The summed E-state index contributed by atoms with van der Waals surface area (Å²) in [6.45, 7) is 0. The van der Waals surface area contributed by atoms with Gasteiger partial charge in [0.25, 0.3) is 0 Å². The maximum Gasteiger partial charge on any atom is 0.0793 e. The number of rotatable bonds is 5. The Balaban J connectivity index is 1.75. The van der Waals surface area contributed by atoms with Crippen LogP contribution >= 0.6 is 0 Å². The van der Waals surface area contributed by atoms with E-state index in [2.05, 4.69) is 30.4 Å². The Kier molecular flexibility index (Phi) is 4.34. The van der Waals surface area contributed by atoms with Gasteiger partial charge in [-0.05, 0) is 30.4 Å². The van der Waals surface area contributed by atoms with Crippen molar-refractivity contribution in [2.24, 2.45) is 0 Å². The molecule has 0 amide bonds. The molecule has 1 atom stereocenters. The van der Waals surface area contributed by atoms with Gasteiger partial charge in [0, 0.05) is 0 Å². The lowest BCUT2D eigenvalue weighted by Crippen LogP contribution is -1.95. The third kappa shape index (κ3) is 3.72. The molecule has 0 saturated carbocycles. The lowest BCUT2D eigenvalue weighted by molar-refractivity contribution is 0.169. The zero-order chi connectivity index (χ0) is 11.9. The minimum Gasteiger partial charge on any atom is -0.388 e. The fourth-order valence-corrected chi connectivity index (χ4v) is 1.92. The average molecular weight is 226 g/mol. The first kappa shape index (κ1) is 11.9. The number of allylic oxidation sites excluding steroid dienone is 6. The molecule has 1 N–H and O–H groups in total. The number of hydrogen-bond donors (Lipinski definition) is 1. The lowest BCUT2D eigenvalue weighted by Gasteiger charge is -2.08. The van der Waals surface area contributed by atoms with Gasteiger partial charge < -0.3 is 5.11 Å². The molecule has 1 aromatic carbocycles. The van der Waals surface area contributed by atoms with Crippen LogP contribution in [-0.2, 0) is 0 Å². The Labute approximate surface area is 103 Å². The minimum atomic E-state index is -0.350. The molecule has 0 radical (unpaired) electrons. The SMILES string of the molecule is OC(CCC=CC1=CC=CC1)c1ccccc1. The molecule has 1 heteroatoms. The summed E-state index contributed by atoms with van der Waals surface area (Å²) >= 11 is 0. The molecule has 0 saturated heterocycles. The molecule has 1 aliphatic rings. The molecule has 0 aliphatic heterocycles. The molecule has 0 aromatic heterocycles. The van der Waals surface area contributed by atoms with Gasteiger partial charge in [-0.2, -0.15) is 0 Å². The number of aliphatic hydroxyl groups is 1. The summed E-state index contributed by atoms with van der Waals surface area (Å²) in [4.78, 5) is 0. The highest BCUT2D eigenvalue weighted by Gasteiger charge is 2.04. The van der Waals surface area contributed by atoms with E-state index >= 15 is 0 Å². The summed E-state index contributed by atoms with van der Waals surface area (Å²) in [7, 11) is 0. The molecule has 0 bridgehead atoms. The van der Waals surface area contributed by atoms with Gasteiger partial charge >= 0.3 is 0 Å². The molecule has 1 aliphatic carbocycles. The Morgan fingerprint density at radius 1 is 1.24 bits per heavy atom. The van der Waals surface area contributed by atoms with Gasteiger partial charge in [0.2, 0.25) is 0 Å². The van der Waals surface area contributed by atoms with Crippen molar-refractivity contribution in [3.05, 3.63) is 71.8 Å². The van der Waals surface area contributed by atoms with Crippen LogP contribution in [0.1, 0.15) is 30.9 Å². The van der Waals surface area contributed by atoms with Crippen molar-refractivity contribution in [3.63, 3.8) is 0 Å². The van der Waals surface area contributed by atoms with Crippen LogP contribution in [0.15, 0.2) is 66.3 Å². The van der Waals surface area contributed by atoms with Crippen LogP contribution in [0.2, 0.25) is 0 Å². The largest absolute Gasteiger partial charge is 0.388 e. The normalized spacial score (nSPS) is 16.4. The Bertz CT molecular complexity index is 426. The Morgan fingerprint density at radius 2 is 2.06 bits per heavy atom. The van der Waals surface area contributed by atoms with E-state index in [4.69, 9.17) is 0 Å². The van der Waals surface area contributed by atoms with E-state index in [1.165, 1.54) is 5.57 Å². The fraction of sp³-hybridized carbons (Fsp3) is 0.250. The summed E-state index contributed by atoms with van der Waals surface area (Å²) in [5, 5.41) is 9.95. The van der Waals surface area contributed by atoms with Crippen molar-refractivity contribution in [2.75, 3.05) is 0 Å². The maximum absolute atomic E-state index is 9.95. The Hall–Kier alpha value is -1.60. The van der Waals surface area contributed by atoms with Gasteiger partial charge in [-0.3, -0.25) is 0 Å². The second kappa shape index (κ2) is 6.21. The molecular weight excluding hydrogens is 208 g/mol. The molecule has 88 valence electrons. The third-order valence-corrected chi connectivity index (χ3v) is 2.92. The van der Waals surface area contributed by atoms with Gasteiger partial charge in [-0.15, -0.1) is 0 Å². The van der Waals surface area contributed by atoms with Gasteiger partial charge in [0.05, 0.1) is 6.10 Å². The van der Waals surface area contributed by atoms with Crippen molar-refractivity contribution >= 4 is 0 Å². The first-order valence-electron chi connectivity index (χ1n) is 6.11. The monoisotopic (exact) mass is 226 g/mol. The quantitative estimate of drug-likeness (QED) is 0.806. The maximum atomic E-state index is 9.95. The number of benzene rings is 1. The third-order valence-electron chi connectivity index (χ3n) is 2.92. The van der Waals surface area contributed by atoms with Crippen LogP contribution in [0.3, 0.4) is 0 Å². The van der Waals surface area contributed by atoms with Crippen molar-refractivity contribution in [3.8, 4) is 0 Å². The second-order valence-electron chi connectivity index (χ2n) is 4.28. The average Bonchev–Trinajstić information content (AvgIpc) is 2.88. The zero-order valence-corrected chi connectivity index (χ0v) is 9.92. The van der Waals surface area contributed by atoms with Crippen molar-refractivity contribution < 1.29 is 5.11 Å². The van der Waals surface area contributed by atoms with E-state index in [1.807, 2.05) is 30.3 Å². The van der Waals surface area contributed by atoms with Crippen LogP contribution < -0.4 is 0 Å². The highest BCUT2D eigenvalue weighted by Crippen LogP contribution is 2.18. The van der Waals surface area contributed by atoms with E-state index in [0.29, 0.717) is 0 Å². The van der Waals surface area contributed by atoms with Crippen LogP contribution in [0.4, 0.5) is 0 Å². The molecule has 2 rings (SSSR count). The highest BCUT2D eigenvalue weighted by molar-refractivity contribution is 5.31. The molecule has 0 heterocycles.